The number of carbonyl (C=O) groups is 2. The van der Waals surface area contributed by atoms with Crippen LogP contribution in [0.5, 0.6) is 0 Å². The molecule has 40 heavy (non-hydrogen) atoms. The average Bonchev–Trinajstić information content (AvgIpc) is 2.92. The van der Waals surface area contributed by atoms with Gasteiger partial charge in [-0.15, -0.1) is 0 Å². The van der Waals surface area contributed by atoms with Gasteiger partial charge in [0.15, 0.2) is 0 Å². The van der Waals surface area contributed by atoms with Gasteiger partial charge in [0.1, 0.15) is 24.2 Å². The second-order valence-electron chi connectivity index (χ2n) is 9.37. The van der Waals surface area contributed by atoms with E-state index in [1.807, 2.05) is 37.3 Å². The Hall–Kier alpha value is -3.50. The molecule has 1 N–H and O–H groups in total. The molecule has 1 unspecified atom stereocenters. The Labute approximate surface area is 238 Å². The molecule has 0 radical (unpaired) electrons. The standard InChI is InChI=1S/C29H32ClF2N3O4S/c1-3-4-16-33-29(37)27(17-21-8-6-5-7-9-21)34(19-22-10-12-23(31)13-11-22)28(36)20-35(40(2,38)39)24-14-15-26(32)25(30)18-24/h5-15,18,27H,3-4,16-17,19-20H2,1-2H3,(H,33,37). The van der Waals surface area contributed by atoms with Crippen molar-refractivity contribution in [3.63, 3.8) is 0 Å². The predicted octanol–water partition coefficient (Wildman–Crippen LogP) is 4.94. The van der Waals surface area contributed by atoms with Gasteiger partial charge in [-0.2, -0.15) is 0 Å². The number of anilines is 1. The summed E-state index contributed by atoms with van der Waals surface area (Å²) in [6, 6.07) is 16.9. The highest BCUT2D eigenvalue weighted by atomic mass is 35.5. The van der Waals surface area contributed by atoms with Gasteiger partial charge in [0, 0.05) is 19.5 Å². The number of nitrogens with zero attached hydrogens (tertiary/aromatic N) is 2. The van der Waals surface area contributed by atoms with Crippen LogP contribution in [0, 0.1) is 11.6 Å². The van der Waals surface area contributed by atoms with E-state index in [0.29, 0.717) is 12.1 Å². The molecule has 0 aliphatic carbocycles. The first kappa shape index (κ1) is 31.0. The average molecular weight is 592 g/mol. The molecular formula is C29H32ClF2N3O4S. The summed E-state index contributed by atoms with van der Waals surface area (Å²) < 4.78 is 53.7. The number of rotatable bonds is 13. The van der Waals surface area contributed by atoms with E-state index in [-0.39, 0.29) is 23.7 Å². The highest BCUT2D eigenvalue weighted by molar-refractivity contribution is 7.92. The lowest BCUT2D eigenvalue weighted by Gasteiger charge is -2.33. The van der Waals surface area contributed by atoms with Crippen LogP contribution >= 0.6 is 11.6 Å². The van der Waals surface area contributed by atoms with Crippen LogP contribution in [0.3, 0.4) is 0 Å². The molecule has 0 fully saturated rings. The van der Waals surface area contributed by atoms with E-state index in [9.17, 15) is 26.8 Å². The maximum absolute atomic E-state index is 13.9. The fraction of sp³-hybridized carbons (Fsp3) is 0.310. The van der Waals surface area contributed by atoms with Crippen molar-refractivity contribution in [1.82, 2.24) is 10.2 Å². The van der Waals surface area contributed by atoms with Crippen molar-refractivity contribution in [2.75, 3.05) is 23.7 Å². The number of benzene rings is 3. The van der Waals surface area contributed by atoms with Gasteiger partial charge in [-0.05, 0) is 47.9 Å². The smallest absolute Gasteiger partial charge is 0.244 e. The van der Waals surface area contributed by atoms with Crippen molar-refractivity contribution in [1.29, 1.82) is 0 Å². The summed E-state index contributed by atoms with van der Waals surface area (Å²) in [4.78, 5) is 28.7. The third-order valence-electron chi connectivity index (χ3n) is 6.24. The van der Waals surface area contributed by atoms with Crippen molar-refractivity contribution in [2.45, 2.75) is 38.8 Å². The monoisotopic (exact) mass is 591 g/mol. The number of amides is 2. The number of halogens is 3. The van der Waals surface area contributed by atoms with Crippen LogP contribution in [-0.4, -0.2) is 50.5 Å². The summed E-state index contributed by atoms with van der Waals surface area (Å²) in [6.45, 7) is 1.64. The minimum Gasteiger partial charge on any atom is -0.354 e. The van der Waals surface area contributed by atoms with E-state index in [1.54, 1.807) is 0 Å². The first-order valence-electron chi connectivity index (χ1n) is 12.8. The van der Waals surface area contributed by atoms with E-state index >= 15 is 0 Å². The minimum absolute atomic E-state index is 0.00371. The van der Waals surface area contributed by atoms with Gasteiger partial charge in [0.2, 0.25) is 21.8 Å². The SMILES string of the molecule is CCCCNC(=O)C(Cc1ccccc1)N(Cc1ccc(F)cc1)C(=O)CN(c1ccc(F)c(Cl)c1)S(C)(=O)=O. The zero-order valence-corrected chi connectivity index (χ0v) is 23.9. The van der Waals surface area contributed by atoms with Gasteiger partial charge in [-0.1, -0.05) is 67.4 Å². The fourth-order valence-corrected chi connectivity index (χ4v) is 5.12. The lowest BCUT2D eigenvalue weighted by atomic mass is 10.0. The lowest BCUT2D eigenvalue weighted by molar-refractivity contribution is -0.140. The number of sulfonamides is 1. The third kappa shape index (κ3) is 8.76. The normalized spacial score (nSPS) is 12.0. The number of hydrogen-bond acceptors (Lipinski definition) is 4. The van der Waals surface area contributed by atoms with Crippen LogP contribution in [-0.2, 0) is 32.6 Å². The molecule has 3 rings (SSSR count). The van der Waals surface area contributed by atoms with Crippen LogP contribution in [0.25, 0.3) is 0 Å². The number of nitrogens with one attached hydrogen (secondary N) is 1. The van der Waals surface area contributed by atoms with Crippen LogP contribution in [0.1, 0.15) is 30.9 Å². The van der Waals surface area contributed by atoms with E-state index in [4.69, 9.17) is 11.6 Å². The second kappa shape index (κ2) is 14.2. The summed E-state index contributed by atoms with van der Waals surface area (Å²) in [7, 11) is -4.02. The molecular weight excluding hydrogens is 560 g/mol. The molecule has 214 valence electrons. The molecule has 0 bridgehead atoms. The molecule has 3 aromatic carbocycles. The quantitative estimate of drug-likeness (QED) is 0.285. The van der Waals surface area contributed by atoms with E-state index < -0.39 is 46.1 Å². The Balaban J connectivity index is 2.03. The first-order valence-corrected chi connectivity index (χ1v) is 15.0. The first-order chi connectivity index (χ1) is 19.0. The molecule has 11 heteroatoms. The Morgan fingerprint density at radius 3 is 2.25 bits per heavy atom. The topological polar surface area (TPSA) is 86.8 Å². The van der Waals surface area contributed by atoms with Crippen molar-refractivity contribution in [3.05, 3.63) is 101 Å². The van der Waals surface area contributed by atoms with Crippen molar-refractivity contribution >= 4 is 39.1 Å². The van der Waals surface area contributed by atoms with Crippen LogP contribution < -0.4 is 9.62 Å². The number of hydrogen-bond donors (Lipinski definition) is 1. The third-order valence-corrected chi connectivity index (χ3v) is 7.67. The molecule has 3 aromatic rings. The van der Waals surface area contributed by atoms with Crippen molar-refractivity contribution < 1.29 is 26.8 Å². The van der Waals surface area contributed by atoms with E-state index in [2.05, 4.69) is 5.32 Å². The molecule has 0 saturated carbocycles. The zero-order valence-electron chi connectivity index (χ0n) is 22.3. The summed E-state index contributed by atoms with van der Waals surface area (Å²) in [5.41, 5.74) is 1.33. The van der Waals surface area contributed by atoms with Gasteiger partial charge in [0.05, 0.1) is 17.0 Å². The largest absolute Gasteiger partial charge is 0.354 e. The van der Waals surface area contributed by atoms with Crippen molar-refractivity contribution in [3.8, 4) is 0 Å². The number of carbonyl (C=O) groups excluding carboxylic acids is 2. The van der Waals surface area contributed by atoms with Gasteiger partial charge in [0.25, 0.3) is 0 Å². The second-order valence-corrected chi connectivity index (χ2v) is 11.7. The molecule has 0 heterocycles. The summed E-state index contributed by atoms with van der Waals surface area (Å²) in [5.74, 6) is -2.28. The summed E-state index contributed by atoms with van der Waals surface area (Å²) >= 11 is 5.89. The summed E-state index contributed by atoms with van der Waals surface area (Å²) in [6.07, 6.45) is 2.67. The Kier molecular flexibility index (Phi) is 11.0. The number of unbranched alkanes of at least 4 members (excludes halogenated alkanes) is 1. The van der Waals surface area contributed by atoms with Crippen LogP contribution in [0.2, 0.25) is 5.02 Å². The molecule has 0 saturated heterocycles. The molecule has 0 spiro atoms. The zero-order chi connectivity index (χ0) is 29.3. The maximum atomic E-state index is 13.9. The minimum atomic E-state index is -4.02. The molecule has 1 atom stereocenters. The molecule has 0 aliphatic heterocycles. The Morgan fingerprint density at radius 1 is 0.975 bits per heavy atom. The fourth-order valence-electron chi connectivity index (χ4n) is 4.10. The van der Waals surface area contributed by atoms with Gasteiger partial charge in [-0.25, -0.2) is 17.2 Å². The highest BCUT2D eigenvalue weighted by Gasteiger charge is 2.33. The predicted molar refractivity (Wildman–Crippen MR) is 152 cm³/mol. The molecule has 0 aromatic heterocycles. The van der Waals surface area contributed by atoms with Gasteiger partial charge >= 0.3 is 0 Å². The van der Waals surface area contributed by atoms with Crippen LogP contribution in [0.4, 0.5) is 14.5 Å². The Bertz CT molecular complexity index is 1410. The highest BCUT2D eigenvalue weighted by Crippen LogP contribution is 2.25. The molecule has 0 aliphatic rings. The summed E-state index contributed by atoms with van der Waals surface area (Å²) in [5, 5.41) is 2.57. The van der Waals surface area contributed by atoms with Crippen molar-refractivity contribution in [2.24, 2.45) is 0 Å². The van der Waals surface area contributed by atoms with Crippen LogP contribution in [0.15, 0.2) is 72.8 Å². The molecule has 7 nitrogen and oxygen atoms in total. The van der Waals surface area contributed by atoms with E-state index in [1.165, 1.54) is 35.2 Å². The molecule has 2 amide bonds. The van der Waals surface area contributed by atoms with Gasteiger partial charge < -0.3 is 10.2 Å². The maximum Gasteiger partial charge on any atom is 0.244 e. The lowest BCUT2D eigenvalue weighted by Crippen LogP contribution is -2.53. The van der Waals surface area contributed by atoms with Gasteiger partial charge in [-0.3, -0.25) is 13.9 Å². The Morgan fingerprint density at radius 2 is 1.65 bits per heavy atom. The van der Waals surface area contributed by atoms with E-state index in [0.717, 1.165) is 41.1 Å².